The molecule has 0 radical (unpaired) electrons. The first kappa shape index (κ1) is 24.3. The molecule has 0 amide bonds. The SMILES string of the molecule is COc1cc(C(F)(F)F)cc(S(=O)(=O)NC2CCCc3c(OCC(=O)O)cc(Br)cc32)c1. The molecule has 0 saturated heterocycles. The van der Waals surface area contributed by atoms with E-state index in [0.29, 0.717) is 46.7 Å². The van der Waals surface area contributed by atoms with Crippen LogP contribution in [0.4, 0.5) is 13.2 Å². The van der Waals surface area contributed by atoms with Gasteiger partial charge in [0.05, 0.1) is 17.6 Å². The Bertz CT molecular complexity index is 1140. The fourth-order valence-electron chi connectivity index (χ4n) is 3.50. The Morgan fingerprint density at radius 3 is 2.59 bits per heavy atom. The number of ether oxygens (including phenoxy) is 2. The molecule has 0 bridgehead atoms. The number of methoxy groups -OCH3 is 1. The molecular weight excluding hydrogens is 519 g/mol. The quantitative estimate of drug-likeness (QED) is 0.546. The van der Waals surface area contributed by atoms with Crippen molar-refractivity contribution in [2.45, 2.75) is 36.4 Å². The minimum atomic E-state index is -4.75. The van der Waals surface area contributed by atoms with E-state index in [2.05, 4.69) is 20.7 Å². The van der Waals surface area contributed by atoms with Crippen molar-refractivity contribution in [2.75, 3.05) is 13.7 Å². The third kappa shape index (κ3) is 5.54. The molecule has 1 aliphatic carbocycles. The first-order valence-corrected chi connectivity index (χ1v) is 11.6. The molecule has 0 aromatic heterocycles. The zero-order chi connectivity index (χ0) is 23.7. The van der Waals surface area contributed by atoms with Gasteiger partial charge >= 0.3 is 12.1 Å². The van der Waals surface area contributed by atoms with Crippen molar-refractivity contribution in [3.8, 4) is 11.5 Å². The Hall–Kier alpha value is -2.31. The third-order valence-electron chi connectivity index (χ3n) is 4.91. The van der Waals surface area contributed by atoms with Gasteiger partial charge in [0, 0.05) is 16.6 Å². The second-order valence-corrected chi connectivity index (χ2v) is 9.74. The maximum atomic E-state index is 13.2. The van der Waals surface area contributed by atoms with Crippen molar-refractivity contribution in [2.24, 2.45) is 0 Å². The molecule has 2 N–H and O–H groups in total. The Balaban J connectivity index is 1.98. The zero-order valence-electron chi connectivity index (χ0n) is 16.7. The summed E-state index contributed by atoms with van der Waals surface area (Å²) in [7, 11) is -3.20. The van der Waals surface area contributed by atoms with E-state index in [1.807, 2.05) is 0 Å². The average molecular weight is 538 g/mol. The summed E-state index contributed by atoms with van der Waals surface area (Å²) in [6.07, 6.45) is -3.25. The van der Waals surface area contributed by atoms with Crippen LogP contribution in [0.3, 0.4) is 0 Å². The van der Waals surface area contributed by atoms with E-state index < -0.39 is 45.3 Å². The van der Waals surface area contributed by atoms with Crippen LogP contribution in [-0.4, -0.2) is 33.2 Å². The van der Waals surface area contributed by atoms with Crippen LogP contribution in [0.5, 0.6) is 11.5 Å². The highest BCUT2D eigenvalue weighted by molar-refractivity contribution is 9.10. The van der Waals surface area contributed by atoms with Gasteiger partial charge in [-0.1, -0.05) is 15.9 Å². The molecule has 32 heavy (non-hydrogen) atoms. The van der Waals surface area contributed by atoms with Crippen molar-refractivity contribution >= 4 is 31.9 Å². The molecular formula is C20H19BrF3NO6S. The number of rotatable bonds is 7. The molecule has 2 aromatic carbocycles. The molecule has 0 fully saturated rings. The van der Waals surface area contributed by atoms with E-state index in [1.165, 1.54) is 0 Å². The van der Waals surface area contributed by atoms with E-state index in [0.717, 1.165) is 19.2 Å². The predicted octanol–water partition coefficient (Wildman–Crippen LogP) is 4.30. The second-order valence-electron chi connectivity index (χ2n) is 7.12. The minimum absolute atomic E-state index is 0.239. The van der Waals surface area contributed by atoms with Crippen molar-refractivity contribution in [3.63, 3.8) is 0 Å². The van der Waals surface area contributed by atoms with Gasteiger partial charge in [-0.25, -0.2) is 17.9 Å². The van der Waals surface area contributed by atoms with Gasteiger partial charge in [0.1, 0.15) is 11.5 Å². The van der Waals surface area contributed by atoms with E-state index in [1.54, 1.807) is 12.1 Å². The fourth-order valence-corrected chi connectivity index (χ4v) is 5.27. The Morgan fingerprint density at radius 2 is 1.97 bits per heavy atom. The first-order valence-electron chi connectivity index (χ1n) is 9.36. The number of fused-ring (bicyclic) bond motifs is 1. The molecule has 12 heteroatoms. The van der Waals surface area contributed by atoms with Gasteiger partial charge in [-0.05, 0) is 54.7 Å². The summed E-state index contributed by atoms with van der Waals surface area (Å²) in [5.74, 6) is -1.09. The molecule has 1 unspecified atom stereocenters. The summed E-state index contributed by atoms with van der Waals surface area (Å²) in [6, 6.07) is 4.82. The highest BCUT2D eigenvalue weighted by Gasteiger charge is 2.34. The molecule has 0 saturated carbocycles. The molecule has 3 rings (SSSR count). The van der Waals surface area contributed by atoms with Crippen LogP contribution in [-0.2, 0) is 27.4 Å². The molecule has 1 aliphatic rings. The highest BCUT2D eigenvalue weighted by atomic mass is 79.9. The summed E-state index contributed by atoms with van der Waals surface area (Å²) in [5, 5.41) is 8.88. The Kier molecular flexibility index (Phi) is 7.06. The number of hydrogen-bond acceptors (Lipinski definition) is 5. The standard InChI is InChI=1S/C20H19BrF3NO6S/c1-30-13-5-11(20(22,23)24)6-14(9-13)32(28,29)25-17-4-2-3-15-16(17)7-12(21)8-18(15)31-10-19(26)27/h5-9,17,25H,2-4,10H2,1H3,(H,26,27). The molecule has 7 nitrogen and oxygen atoms in total. The number of alkyl halides is 3. The van der Waals surface area contributed by atoms with Crippen molar-refractivity contribution in [1.82, 2.24) is 4.72 Å². The average Bonchev–Trinajstić information content (AvgIpc) is 2.71. The number of aliphatic carboxylic acids is 1. The molecule has 1 atom stereocenters. The van der Waals surface area contributed by atoms with Crippen LogP contribution >= 0.6 is 15.9 Å². The number of carbonyl (C=O) groups is 1. The van der Waals surface area contributed by atoms with Crippen molar-refractivity contribution < 1.29 is 41.0 Å². The number of benzene rings is 2. The molecule has 0 spiro atoms. The maximum absolute atomic E-state index is 13.2. The molecule has 0 heterocycles. The lowest BCUT2D eigenvalue weighted by atomic mass is 9.87. The van der Waals surface area contributed by atoms with Crippen LogP contribution in [0, 0.1) is 0 Å². The first-order chi connectivity index (χ1) is 14.9. The summed E-state index contributed by atoms with van der Waals surface area (Å²) >= 11 is 3.30. The lowest BCUT2D eigenvalue weighted by Gasteiger charge is -2.28. The summed E-state index contributed by atoms with van der Waals surface area (Å²) < 4.78 is 78.8. The van der Waals surface area contributed by atoms with E-state index in [-0.39, 0.29) is 5.75 Å². The second kappa shape index (κ2) is 9.28. The van der Waals surface area contributed by atoms with Crippen LogP contribution in [0.15, 0.2) is 39.7 Å². The van der Waals surface area contributed by atoms with E-state index in [4.69, 9.17) is 14.6 Å². The van der Waals surface area contributed by atoms with Gasteiger partial charge < -0.3 is 14.6 Å². The van der Waals surface area contributed by atoms with Crippen molar-refractivity contribution in [1.29, 1.82) is 0 Å². The zero-order valence-corrected chi connectivity index (χ0v) is 19.1. The Labute approximate surface area is 190 Å². The molecule has 0 aliphatic heterocycles. The number of carboxylic acids is 1. The summed E-state index contributed by atoms with van der Waals surface area (Å²) in [4.78, 5) is 10.3. The monoisotopic (exact) mass is 537 g/mol. The largest absolute Gasteiger partial charge is 0.497 e. The van der Waals surface area contributed by atoms with E-state index in [9.17, 15) is 26.4 Å². The number of halogens is 4. The highest BCUT2D eigenvalue weighted by Crippen LogP contribution is 2.39. The topological polar surface area (TPSA) is 102 Å². The third-order valence-corrected chi connectivity index (χ3v) is 6.81. The summed E-state index contributed by atoms with van der Waals surface area (Å²) in [5.41, 5.74) is 0.0666. The number of hydrogen-bond donors (Lipinski definition) is 2. The van der Waals surface area contributed by atoms with E-state index >= 15 is 0 Å². The predicted molar refractivity (Wildman–Crippen MR) is 111 cm³/mol. The Morgan fingerprint density at radius 1 is 1.25 bits per heavy atom. The number of nitrogens with one attached hydrogen (secondary N) is 1. The molecule has 2 aromatic rings. The smallest absolute Gasteiger partial charge is 0.416 e. The van der Waals surface area contributed by atoms with Crippen LogP contribution in [0.2, 0.25) is 0 Å². The number of sulfonamides is 1. The van der Waals surface area contributed by atoms with Gasteiger partial charge in [-0.15, -0.1) is 0 Å². The minimum Gasteiger partial charge on any atom is -0.497 e. The van der Waals surface area contributed by atoms with Gasteiger partial charge in [-0.2, -0.15) is 13.2 Å². The van der Waals surface area contributed by atoms with Crippen LogP contribution in [0.25, 0.3) is 0 Å². The molecule has 174 valence electrons. The van der Waals surface area contributed by atoms with Crippen LogP contribution in [0.1, 0.15) is 35.6 Å². The fraction of sp³-hybridized carbons (Fsp3) is 0.350. The van der Waals surface area contributed by atoms with Crippen molar-refractivity contribution in [3.05, 3.63) is 51.5 Å². The normalized spacial score (nSPS) is 16.3. The van der Waals surface area contributed by atoms with Crippen LogP contribution < -0.4 is 14.2 Å². The maximum Gasteiger partial charge on any atom is 0.416 e. The lowest BCUT2D eigenvalue weighted by Crippen LogP contribution is -2.31. The summed E-state index contributed by atoms with van der Waals surface area (Å²) in [6.45, 7) is -0.566. The van der Waals surface area contributed by atoms with Gasteiger partial charge in [-0.3, -0.25) is 0 Å². The van der Waals surface area contributed by atoms with Gasteiger partial charge in [0.2, 0.25) is 10.0 Å². The van der Waals surface area contributed by atoms with Gasteiger partial charge in [0.15, 0.2) is 6.61 Å². The van der Waals surface area contributed by atoms with Gasteiger partial charge in [0.25, 0.3) is 0 Å². The lowest BCUT2D eigenvalue weighted by molar-refractivity contribution is -0.139. The number of carboxylic acid groups (broad SMARTS) is 1.